The number of alkyl halides is 6. The molecule has 0 bridgehead atoms. The van der Waals surface area contributed by atoms with E-state index in [0.29, 0.717) is 11.1 Å². The summed E-state index contributed by atoms with van der Waals surface area (Å²) in [6.45, 7) is 10.8. The van der Waals surface area contributed by atoms with Crippen LogP contribution in [0.15, 0.2) is 36.4 Å². The molecule has 0 saturated carbocycles. The summed E-state index contributed by atoms with van der Waals surface area (Å²) in [5, 5.41) is 0. The van der Waals surface area contributed by atoms with Gasteiger partial charge >= 0.3 is 12.7 Å². The van der Waals surface area contributed by atoms with Crippen LogP contribution in [0, 0.1) is 0 Å². The summed E-state index contributed by atoms with van der Waals surface area (Å²) in [4.78, 5) is 0. The van der Waals surface area contributed by atoms with E-state index >= 15 is 0 Å². The van der Waals surface area contributed by atoms with Gasteiger partial charge in [-0.25, -0.2) is 0 Å². The Morgan fingerprint density at radius 2 is 1.00 bits per heavy atom. The first kappa shape index (κ1) is 24.7. The number of halogens is 6. The van der Waals surface area contributed by atoms with Crippen LogP contribution in [0.25, 0.3) is 0 Å². The second-order valence-electron chi connectivity index (χ2n) is 9.01. The largest absolute Gasteiger partial charge is 0.573 e. The lowest BCUT2D eigenvalue weighted by Crippen LogP contribution is -2.19. The predicted octanol–water partition coefficient (Wildman–Crippen LogP) is 7.87. The summed E-state index contributed by atoms with van der Waals surface area (Å²) >= 11 is 0. The molecule has 0 unspecified atom stereocenters. The van der Waals surface area contributed by atoms with Crippen LogP contribution in [0.1, 0.15) is 52.7 Å². The van der Waals surface area contributed by atoms with E-state index in [4.69, 9.17) is 4.74 Å². The average Bonchev–Trinajstić information content (AvgIpc) is 2.51. The van der Waals surface area contributed by atoms with Crippen molar-refractivity contribution in [2.45, 2.75) is 65.1 Å². The van der Waals surface area contributed by atoms with E-state index in [-0.39, 0.29) is 11.5 Å². The van der Waals surface area contributed by atoms with Crippen LogP contribution in [0.3, 0.4) is 0 Å². The molecule has 2 rings (SSSR count). The minimum atomic E-state index is -4.88. The lowest BCUT2D eigenvalue weighted by Gasteiger charge is -2.27. The molecule has 0 heterocycles. The maximum Gasteiger partial charge on any atom is 0.573 e. The zero-order valence-electron chi connectivity index (χ0n) is 18.0. The zero-order valence-corrected chi connectivity index (χ0v) is 18.0. The van der Waals surface area contributed by atoms with E-state index in [2.05, 4.69) is 9.47 Å². The SMILES string of the molecule is CC(C)(C)c1ccc(OC(F)(F)F)cc1Oc1ccc(OC(F)(F)F)cc1C(C)(C)C. The molecule has 0 fully saturated rings. The second kappa shape index (κ2) is 8.16. The summed E-state index contributed by atoms with van der Waals surface area (Å²) < 4.78 is 89.8. The van der Waals surface area contributed by atoms with Gasteiger partial charge in [0.05, 0.1) is 0 Å². The Labute approximate surface area is 176 Å². The van der Waals surface area contributed by atoms with Crippen LogP contribution >= 0.6 is 0 Å². The Hall–Kier alpha value is -2.58. The highest BCUT2D eigenvalue weighted by Crippen LogP contribution is 2.42. The molecule has 0 saturated heterocycles. The third-order valence-electron chi connectivity index (χ3n) is 4.21. The highest BCUT2D eigenvalue weighted by molar-refractivity contribution is 5.50. The molecule has 31 heavy (non-hydrogen) atoms. The molecule has 0 aliphatic carbocycles. The molecule has 3 nitrogen and oxygen atoms in total. The highest BCUT2D eigenvalue weighted by atomic mass is 19.4. The van der Waals surface area contributed by atoms with Crippen LogP contribution in [-0.4, -0.2) is 12.7 Å². The maximum atomic E-state index is 12.7. The van der Waals surface area contributed by atoms with Gasteiger partial charge in [-0.2, -0.15) is 0 Å². The molecule has 172 valence electrons. The summed E-state index contributed by atoms with van der Waals surface area (Å²) in [7, 11) is 0. The van der Waals surface area contributed by atoms with E-state index in [9.17, 15) is 26.3 Å². The van der Waals surface area contributed by atoms with Crippen molar-refractivity contribution in [1.82, 2.24) is 0 Å². The van der Waals surface area contributed by atoms with Crippen LogP contribution in [-0.2, 0) is 10.8 Å². The third kappa shape index (κ3) is 7.25. The summed E-state index contributed by atoms with van der Waals surface area (Å²) in [6, 6.07) is 7.35. The normalized spacial score (nSPS) is 13.2. The lowest BCUT2D eigenvalue weighted by atomic mass is 9.85. The minimum Gasteiger partial charge on any atom is -0.457 e. The second-order valence-corrected chi connectivity index (χ2v) is 9.01. The Bertz CT molecular complexity index is 919. The molecule has 0 aliphatic rings. The van der Waals surface area contributed by atoms with Gasteiger partial charge in [-0.1, -0.05) is 47.6 Å². The Morgan fingerprint density at radius 1 is 0.548 bits per heavy atom. The van der Waals surface area contributed by atoms with E-state index in [1.165, 1.54) is 24.3 Å². The molecule has 0 N–H and O–H groups in total. The van der Waals surface area contributed by atoms with E-state index in [0.717, 1.165) is 12.1 Å². The van der Waals surface area contributed by atoms with Crippen LogP contribution in [0.5, 0.6) is 23.0 Å². The maximum absolute atomic E-state index is 12.7. The predicted molar refractivity (Wildman–Crippen MR) is 104 cm³/mol. The van der Waals surface area contributed by atoms with Crippen LogP contribution in [0.4, 0.5) is 26.3 Å². The van der Waals surface area contributed by atoms with Gasteiger partial charge in [0.15, 0.2) is 0 Å². The molecule has 0 atom stereocenters. The smallest absolute Gasteiger partial charge is 0.457 e. The van der Waals surface area contributed by atoms with Gasteiger partial charge in [0.2, 0.25) is 0 Å². The van der Waals surface area contributed by atoms with Crippen molar-refractivity contribution in [3.05, 3.63) is 47.5 Å². The molecule has 0 spiro atoms. The molecule has 0 aromatic heterocycles. The first-order valence-corrected chi connectivity index (χ1v) is 9.33. The molecular formula is C22H24F6O3. The molecule has 9 heteroatoms. The fourth-order valence-corrected chi connectivity index (χ4v) is 2.90. The Balaban J connectivity index is 2.56. The molecule has 2 aromatic rings. The van der Waals surface area contributed by atoms with E-state index in [1.54, 1.807) is 20.8 Å². The molecule has 0 amide bonds. The number of hydrogen-bond acceptors (Lipinski definition) is 3. The standard InChI is InChI=1S/C22H24F6O3/c1-19(2,3)15-9-7-14(31-22(26,27)28)12-18(15)29-17-10-8-13(30-21(23,24)25)11-16(17)20(4,5)6/h7-12H,1-6H3. The molecule has 0 aliphatic heterocycles. The summed E-state index contributed by atoms with van der Waals surface area (Å²) in [6.07, 6.45) is -9.74. The van der Waals surface area contributed by atoms with Crippen LogP contribution in [0.2, 0.25) is 0 Å². The van der Waals surface area contributed by atoms with Gasteiger partial charge in [0.25, 0.3) is 0 Å². The van der Waals surface area contributed by atoms with Gasteiger partial charge in [0.1, 0.15) is 23.0 Å². The lowest BCUT2D eigenvalue weighted by molar-refractivity contribution is -0.275. The van der Waals surface area contributed by atoms with Crippen molar-refractivity contribution >= 4 is 0 Å². The van der Waals surface area contributed by atoms with Gasteiger partial charge in [-0.05, 0) is 35.1 Å². The van der Waals surface area contributed by atoms with E-state index < -0.39 is 35.1 Å². The quantitative estimate of drug-likeness (QED) is 0.444. The fourth-order valence-electron chi connectivity index (χ4n) is 2.90. The molecule has 0 radical (unpaired) electrons. The van der Waals surface area contributed by atoms with Crippen molar-refractivity contribution in [2.75, 3.05) is 0 Å². The van der Waals surface area contributed by atoms with Crippen molar-refractivity contribution in [1.29, 1.82) is 0 Å². The first-order chi connectivity index (χ1) is 13.9. The number of hydrogen-bond donors (Lipinski definition) is 0. The zero-order chi connectivity index (χ0) is 23.8. The Kier molecular flexibility index (Phi) is 6.50. The Morgan fingerprint density at radius 3 is 1.45 bits per heavy atom. The van der Waals surface area contributed by atoms with Gasteiger partial charge in [-0.3, -0.25) is 0 Å². The number of rotatable bonds is 4. The van der Waals surface area contributed by atoms with Gasteiger partial charge in [-0.15, -0.1) is 26.3 Å². The van der Waals surface area contributed by atoms with Crippen LogP contribution < -0.4 is 14.2 Å². The van der Waals surface area contributed by atoms with E-state index in [1.807, 2.05) is 20.8 Å². The summed E-state index contributed by atoms with van der Waals surface area (Å²) in [5.74, 6) is -0.597. The van der Waals surface area contributed by atoms with Crippen molar-refractivity contribution in [3.63, 3.8) is 0 Å². The van der Waals surface area contributed by atoms with Crippen molar-refractivity contribution < 1.29 is 40.6 Å². The number of ether oxygens (including phenoxy) is 3. The minimum absolute atomic E-state index is 0.101. The first-order valence-electron chi connectivity index (χ1n) is 9.33. The average molecular weight is 450 g/mol. The van der Waals surface area contributed by atoms with Crippen molar-refractivity contribution in [3.8, 4) is 23.0 Å². The highest BCUT2D eigenvalue weighted by Gasteiger charge is 2.33. The van der Waals surface area contributed by atoms with Crippen molar-refractivity contribution in [2.24, 2.45) is 0 Å². The fraction of sp³-hybridized carbons (Fsp3) is 0.455. The van der Waals surface area contributed by atoms with Gasteiger partial charge < -0.3 is 14.2 Å². The third-order valence-corrected chi connectivity index (χ3v) is 4.21. The van der Waals surface area contributed by atoms with Gasteiger partial charge in [0, 0.05) is 17.2 Å². The topological polar surface area (TPSA) is 27.7 Å². The molecular weight excluding hydrogens is 426 g/mol. The molecule has 2 aromatic carbocycles. The monoisotopic (exact) mass is 450 g/mol. The summed E-state index contributed by atoms with van der Waals surface area (Å²) in [5.41, 5.74) is -0.163. The number of benzene rings is 2.